The zero-order valence-corrected chi connectivity index (χ0v) is 9.30. The number of anilines is 2. The normalized spacial score (nSPS) is 10.3. The molecule has 0 saturated carbocycles. The predicted octanol–water partition coefficient (Wildman–Crippen LogP) is 1.51. The molecule has 0 fully saturated rings. The lowest BCUT2D eigenvalue weighted by molar-refractivity contribution is 0.211. The van der Waals surface area contributed by atoms with Crippen molar-refractivity contribution in [2.75, 3.05) is 37.6 Å². The Bertz CT molecular complexity index is 264. The first-order valence-corrected chi connectivity index (χ1v) is 5.81. The standard InChI is InChI=1S/C7H13N3OS2/c1-11-4-3-9-7-5(12-2)6(8)10-13-7/h9H,3-4H2,1-2H3,(H2,8,10). The van der Waals surface area contributed by atoms with E-state index in [1.165, 1.54) is 11.5 Å². The molecule has 0 radical (unpaired) electrons. The predicted molar refractivity (Wildman–Crippen MR) is 58.7 cm³/mol. The first-order chi connectivity index (χ1) is 6.29. The van der Waals surface area contributed by atoms with Crippen LogP contribution < -0.4 is 11.1 Å². The first kappa shape index (κ1) is 10.6. The minimum atomic E-state index is 0.609. The maximum Gasteiger partial charge on any atom is 0.153 e. The summed E-state index contributed by atoms with van der Waals surface area (Å²) in [5, 5.41) is 4.25. The number of nitrogens with two attached hydrogens (primary N) is 1. The fourth-order valence-corrected chi connectivity index (χ4v) is 2.44. The van der Waals surface area contributed by atoms with Crippen LogP contribution in [-0.2, 0) is 4.74 Å². The second-order valence-electron chi connectivity index (χ2n) is 2.35. The van der Waals surface area contributed by atoms with E-state index in [-0.39, 0.29) is 0 Å². The summed E-state index contributed by atoms with van der Waals surface area (Å²) in [6, 6.07) is 0. The van der Waals surface area contributed by atoms with Crippen LogP contribution in [0.25, 0.3) is 0 Å². The fourth-order valence-electron chi connectivity index (χ4n) is 0.870. The van der Waals surface area contributed by atoms with Gasteiger partial charge >= 0.3 is 0 Å². The van der Waals surface area contributed by atoms with Gasteiger partial charge in [-0.3, -0.25) is 0 Å². The van der Waals surface area contributed by atoms with Gasteiger partial charge in [-0.05, 0) is 17.8 Å². The van der Waals surface area contributed by atoms with Crippen molar-refractivity contribution in [1.29, 1.82) is 0 Å². The monoisotopic (exact) mass is 219 g/mol. The fraction of sp³-hybridized carbons (Fsp3) is 0.571. The third kappa shape index (κ3) is 2.75. The summed E-state index contributed by atoms with van der Waals surface area (Å²) >= 11 is 3.00. The molecule has 1 rings (SSSR count). The zero-order chi connectivity index (χ0) is 9.68. The van der Waals surface area contributed by atoms with Crippen LogP contribution in [0.2, 0.25) is 0 Å². The lowest BCUT2D eigenvalue weighted by atomic mass is 10.6. The highest BCUT2D eigenvalue weighted by molar-refractivity contribution is 7.99. The number of nitrogens with zero attached hydrogens (tertiary/aromatic N) is 1. The lowest BCUT2D eigenvalue weighted by Crippen LogP contribution is -2.06. The molecule has 0 aliphatic heterocycles. The molecule has 0 aromatic carbocycles. The number of methoxy groups -OCH3 is 1. The van der Waals surface area contributed by atoms with Gasteiger partial charge in [0.2, 0.25) is 0 Å². The summed E-state index contributed by atoms with van der Waals surface area (Å²) in [6.07, 6.45) is 1.99. The van der Waals surface area contributed by atoms with E-state index in [0.717, 1.165) is 16.4 Å². The van der Waals surface area contributed by atoms with Gasteiger partial charge in [-0.1, -0.05) is 0 Å². The summed E-state index contributed by atoms with van der Waals surface area (Å²) in [5.74, 6) is 0.609. The van der Waals surface area contributed by atoms with E-state index in [0.29, 0.717) is 12.4 Å². The van der Waals surface area contributed by atoms with Gasteiger partial charge in [0.1, 0.15) is 5.00 Å². The van der Waals surface area contributed by atoms with Crippen LogP contribution in [0.3, 0.4) is 0 Å². The Kier molecular flexibility index (Phi) is 4.34. The molecule has 0 aliphatic rings. The molecular weight excluding hydrogens is 206 g/mol. The second kappa shape index (κ2) is 5.31. The van der Waals surface area contributed by atoms with Gasteiger partial charge in [-0.25, -0.2) is 0 Å². The van der Waals surface area contributed by atoms with Gasteiger partial charge in [-0.2, -0.15) is 4.37 Å². The molecule has 3 N–H and O–H groups in total. The van der Waals surface area contributed by atoms with E-state index in [2.05, 4.69) is 9.69 Å². The number of hydrogen-bond acceptors (Lipinski definition) is 6. The number of thioether (sulfide) groups is 1. The van der Waals surface area contributed by atoms with E-state index in [1.54, 1.807) is 18.9 Å². The highest BCUT2D eigenvalue weighted by Gasteiger charge is 2.08. The van der Waals surface area contributed by atoms with Gasteiger partial charge in [0.25, 0.3) is 0 Å². The van der Waals surface area contributed by atoms with Crippen molar-refractivity contribution < 1.29 is 4.74 Å². The number of ether oxygens (including phenoxy) is 1. The van der Waals surface area contributed by atoms with Crippen LogP contribution in [0, 0.1) is 0 Å². The molecule has 0 aliphatic carbocycles. The van der Waals surface area contributed by atoms with E-state index >= 15 is 0 Å². The molecule has 13 heavy (non-hydrogen) atoms. The van der Waals surface area contributed by atoms with Gasteiger partial charge in [0, 0.05) is 13.7 Å². The van der Waals surface area contributed by atoms with Crippen LogP contribution in [-0.4, -0.2) is 30.9 Å². The topological polar surface area (TPSA) is 60.2 Å². The molecule has 1 aromatic rings. The molecular formula is C7H13N3OS2. The maximum absolute atomic E-state index is 5.66. The lowest BCUT2D eigenvalue weighted by Gasteiger charge is -2.03. The highest BCUT2D eigenvalue weighted by atomic mass is 32.2. The molecule has 4 nitrogen and oxygen atoms in total. The number of aromatic nitrogens is 1. The average Bonchev–Trinajstić information content (AvgIpc) is 2.47. The molecule has 1 heterocycles. The number of nitrogen functional groups attached to an aromatic ring is 1. The Balaban J connectivity index is 2.55. The second-order valence-corrected chi connectivity index (χ2v) is 3.94. The molecule has 0 spiro atoms. The molecule has 0 bridgehead atoms. The van der Waals surface area contributed by atoms with E-state index in [9.17, 15) is 0 Å². The molecule has 1 aromatic heterocycles. The summed E-state index contributed by atoms with van der Waals surface area (Å²) in [4.78, 5) is 1.03. The van der Waals surface area contributed by atoms with Crippen LogP contribution in [0.4, 0.5) is 10.8 Å². The number of hydrogen-bond donors (Lipinski definition) is 2. The van der Waals surface area contributed by atoms with Crippen molar-refractivity contribution in [2.45, 2.75) is 4.90 Å². The summed E-state index contributed by atoms with van der Waals surface area (Å²) < 4.78 is 8.99. The van der Waals surface area contributed by atoms with E-state index in [4.69, 9.17) is 10.5 Å². The highest BCUT2D eigenvalue weighted by Crippen LogP contribution is 2.34. The Morgan fingerprint density at radius 3 is 3.08 bits per heavy atom. The van der Waals surface area contributed by atoms with Crippen molar-refractivity contribution in [3.8, 4) is 0 Å². The Labute approximate surface area is 86.0 Å². The molecule has 0 unspecified atom stereocenters. The first-order valence-electron chi connectivity index (χ1n) is 3.81. The van der Waals surface area contributed by atoms with Crippen molar-refractivity contribution in [2.24, 2.45) is 0 Å². The minimum absolute atomic E-state index is 0.609. The summed E-state index contributed by atoms with van der Waals surface area (Å²) in [7, 11) is 1.68. The smallest absolute Gasteiger partial charge is 0.153 e. The van der Waals surface area contributed by atoms with Crippen LogP contribution in [0.15, 0.2) is 4.90 Å². The van der Waals surface area contributed by atoms with Crippen LogP contribution in [0.1, 0.15) is 0 Å². The van der Waals surface area contributed by atoms with Crippen LogP contribution in [0.5, 0.6) is 0 Å². The third-order valence-electron chi connectivity index (χ3n) is 1.47. The quantitative estimate of drug-likeness (QED) is 0.580. The molecule has 0 amide bonds. The number of nitrogens with one attached hydrogen (secondary N) is 1. The SMILES string of the molecule is COCCNc1snc(N)c1SC. The average molecular weight is 219 g/mol. The Morgan fingerprint density at radius 2 is 2.46 bits per heavy atom. The van der Waals surface area contributed by atoms with Gasteiger partial charge in [0.05, 0.1) is 11.5 Å². The van der Waals surface area contributed by atoms with Crippen molar-refractivity contribution in [1.82, 2.24) is 4.37 Å². The van der Waals surface area contributed by atoms with Crippen molar-refractivity contribution >= 4 is 34.1 Å². The maximum atomic E-state index is 5.66. The van der Waals surface area contributed by atoms with E-state index in [1.807, 2.05) is 6.26 Å². The summed E-state index contributed by atoms with van der Waals surface area (Å²) in [6.45, 7) is 1.47. The Morgan fingerprint density at radius 1 is 1.69 bits per heavy atom. The van der Waals surface area contributed by atoms with Crippen LogP contribution >= 0.6 is 23.3 Å². The molecule has 0 saturated heterocycles. The largest absolute Gasteiger partial charge is 0.383 e. The van der Waals surface area contributed by atoms with Gasteiger partial charge < -0.3 is 15.8 Å². The van der Waals surface area contributed by atoms with Gasteiger partial charge in [-0.15, -0.1) is 11.8 Å². The molecule has 74 valence electrons. The summed E-state index contributed by atoms with van der Waals surface area (Å²) in [5.41, 5.74) is 5.66. The molecule has 6 heteroatoms. The minimum Gasteiger partial charge on any atom is -0.383 e. The Hall–Kier alpha value is -0.460. The van der Waals surface area contributed by atoms with E-state index < -0.39 is 0 Å². The van der Waals surface area contributed by atoms with Gasteiger partial charge in [0.15, 0.2) is 5.82 Å². The van der Waals surface area contributed by atoms with Crippen molar-refractivity contribution in [3.05, 3.63) is 0 Å². The third-order valence-corrected chi connectivity index (χ3v) is 3.24. The molecule has 0 atom stereocenters. The van der Waals surface area contributed by atoms with Crippen molar-refractivity contribution in [3.63, 3.8) is 0 Å². The number of rotatable bonds is 5. The zero-order valence-electron chi connectivity index (χ0n) is 7.66.